The van der Waals surface area contributed by atoms with Crippen LogP contribution in [-0.2, 0) is 0 Å². The highest BCUT2D eigenvalue weighted by Gasteiger charge is 2.46. The van der Waals surface area contributed by atoms with Gasteiger partial charge in [-0.1, -0.05) is 6.92 Å². The molecule has 0 aromatic rings. The van der Waals surface area contributed by atoms with Gasteiger partial charge in [0.15, 0.2) is 6.17 Å². The topological polar surface area (TPSA) is 0 Å². The maximum Gasteiger partial charge on any atom is 0.419 e. The molecular formula is C6H7F7. The van der Waals surface area contributed by atoms with Gasteiger partial charge < -0.3 is 0 Å². The Labute approximate surface area is 69.7 Å². The second-order valence-corrected chi connectivity index (χ2v) is 2.69. The predicted molar refractivity (Wildman–Crippen MR) is 30.8 cm³/mol. The van der Waals surface area contributed by atoms with Crippen molar-refractivity contribution in [3.05, 3.63) is 0 Å². The van der Waals surface area contributed by atoms with Crippen molar-refractivity contribution in [2.75, 3.05) is 0 Å². The summed E-state index contributed by atoms with van der Waals surface area (Å²) in [6, 6.07) is 0. The van der Waals surface area contributed by atoms with Crippen molar-refractivity contribution >= 4 is 0 Å². The molecule has 0 aliphatic carbocycles. The smallest absolute Gasteiger partial charge is 0.237 e. The first kappa shape index (κ1) is 12.5. The fourth-order valence-corrected chi connectivity index (χ4v) is 0.578. The molecule has 0 amide bonds. The lowest BCUT2D eigenvalue weighted by Crippen LogP contribution is -2.31. The summed E-state index contributed by atoms with van der Waals surface area (Å²) in [5.41, 5.74) is 0. The highest BCUT2D eigenvalue weighted by Crippen LogP contribution is 2.34. The molecule has 0 aliphatic heterocycles. The average molecular weight is 212 g/mol. The average Bonchev–Trinajstić information content (AvgIpc) is 1.82. The summed E-state index contributed by atoms with van der Waals surface area (Å²) >= 11 is 0. The van der Waals surface area contributed by atoms with Gasteiger partial charge in [0, 0.05) is 0 Å². The highest BCUT2D eigenvalue weighted by molar-refractivity contribution is 4.72. The van der Waals surface area contributed by atoms with E-state index in [0.717, 1.165) is 0 Å². The second-order valence-electron chi connectivity index (χ2n) is 2.69. The van der Waals surface area contributed by atoms with E-state index in [1.54, 1.807) is 0 Å². The highest BCUT2D eigenvalue weighted by atomic mass is 19.4. The summed E-state index contributed by atoms with van der Waals surface area (Å²) in [7, 11) is 0. The van der Waals surface area contributed by atoms with E-state index in [1.165, 1.54) is 0 Å². The summed E-state index contributed by atoms with van der Waals surface area (Å²) < 4.78 is 81.4. The Kier molecular flexibility index (Phi) is 3.57. The van der Waals surface area contributed by atoms with Gasteiger partial charge >= 0.3 is 12.4 Å². The molecule has 0 spiro atoms. The molecule has 0 saturated heterocycles. The van der Waals surface area contributed by atoms with Crippen molar-refractivity contribution in [3.8, 4) is 0 Å². The van der Waals surface area contributed by atoms with E-state index in [9.17, 15) is 30.7 Å². The molecule has 2 unspecified atom stereocenters. The minimum Gasteiger partial charge on any atom is -0.237 e. The molecule has 2 atom stereocenters. The Morgan fingerprint density at radius 2 is 1.31 bits per heavy atom. The molecule has 0 saturated carbocycles. The van der Waals surface area contributed by atoms with E-state index in [2.05, 4.69) is 0 Å². The molecule has 80 valence electrons. The Bertz CT molecular complexity index is 137. The number of halogens is 7. The molecular weight excluding hydrogens is 205 g/mol. The van der Waals surface area contributed by atoms with E-state index in [1.807, 2.05) is 0 Å². The van der Waals surface area contributed by atoms with E-state index >= 15 is 0 Å². The first-order chi connectivity index (χ1) is 5.55. The summed E-state index contributed by atoms with van der Waals surface area (Å²) in [6.45, 7) is 0.512. The zero-order valence-corrected chi connectivity index (χ0v) is 6.51. The van der Waals surface area contributed by atoms with Gasteiger partial charge in [-0.15, -0.1) is 0 Å². The Morgan fingerprint density at radius 1 is 0.923 bits per heavy atom. The maximum absolute atomic E-state index is 12.1. The SMILES string of the molecule is CC(CC(F)C(F)(F)F)C(F)(F)F. The van der Waals surface area contributed by atoms with Crippen molar-refractivity contribution in [1.82, 2.24) is 0 Å². The molecule has 0 heterocycles. The van der Waals surface area contributed by atoms with Crippen LogP contribution in [0.5, 0.6) is 0 Å². The van der Waals surface area contributed by atoms with E-state index in [-0.39, 0.29) is 0 Å². The quantitative estimate of drug-likeness (QED) is 0.614. The van der Waals surface area contributed by atoms with Gasteiger partial charge in [0.1, 0.15) is 0 Å². The molecule has 7 heteroatoms. The van der Waals surface area contributed by atoms with Crippen LogP contribution in [0.4, 0.5) is 30.7 Å². The minimum atomic E-state index is -5.21. The molecule has 0 bridgehead atoms. The minimum absolute atomic E-state index is 0.512. The van der Waals surface area contributed by atoms with Gasteiger partial charge in [-0.05, 0) is 6.42 Å². The van der Waals surface area contributed by atoms with Gasteiger partial charge in [0.2, 0.25) is 0 Å². The van der Waals surface area contributed by atoms with Crippen LogP contribution in [0.3, 0.4) is 0 Å². The number of hydrogen-bond acceptors (Lipinski definition) is 0. The van der Waals surface area contributed by atoms with Crippen LogP contribution in [0, 0.1) is 5.92 Å². The number of hydrogen-bond donors (Lipinski definition) is 0. The van der Waals surface area contributed by atoms with Crippen LogP contribution < -0.4 is 0 Å². The summed E-state index contributed by atoms with van der Waals surface area (Å²) in [5.74, 6) is -2.29. The molecule has 0 fully saturated rings. The molecule has 0 aromatic heterocycles. The Balaban J connectivity index is 4.15. The molecule has 0 nitrogen and oxygen atoms in total. The van der Waals surface area contributed by atoms with Gasteiger partial charge in [0.05, 0.1) is 5.92 Å². The van der Waals surface area contributed by atoms with E-state index in [4.69, 9.17) is 0 Å². The predicted octanol–water partition coefficient (Wildman–Crippen LogP) is 3.48. The Hall–Kier alpha value is -0.490. The van der Waals surface area contributed by atoms with Crippen molar-refractivity contribution in [3.63, 3.8) is 0 Å². The van der Waals surface area contributed by atoms with Crippen molar-refractivity contribution in [2.45, 2.75) is 31.9 Å². The first-order valence-corrected chi connectivity index (χ1v) is 3.32. The van der Waals surface area contributed by atoms with Crippen molar-refractivity contribution in [2.24, 2.45) is 5.92 Å². The third kappa shape index (κ3) is 4.33. The molecule has 0 N–H and O–H groups in total. The zero-order valence-electron chi connectivity index (χ0n) is 6.51. The van der Waals surface area contributed by atoms with Gasteiger partial charge in [-0.3, -0.25) is 0 Å². The fraction of sp³-hybridized carbons (Fsp3) is 1.00. The maximum atomic E-state index is 12.1. The monoisotopic (exact) mass is 212 g/mol. The van der Waals surface area contributed by atoms with E-state index in [0.29, 0.717) is 6.92 Å². The van der Waals surface area contributed by atoms with Crippen LogP contribution in [0.25, 0.3) is 0 Å². The third-order valence-electron chi connectivity index (χ3n) is 1.47. The third-order valence-corrected chi connectivity index (χ3v) is 1.47. The second kappa shape index (κ2) is 3.71. The van der Waals surface area contributed by atoms with Crippen LogP contribution in [0.15, 0.2) is 0 Å². The standard InChI is InChI=1S/C6H7F7/c1-3(5(8,9)10)2-4(7)6(11,12)13/h3-4H,2H2,1H3. The number of alkyl halides is 7. The van der Waals surface area contributed by atoms with Gasteiger partial charge in [0.25, 0.3) is 0 Å². The van der Waals surface area contributed by atoms with Gasteiger partial charge in [-0.25, -0.2) is 4.39 Å². The summed E-state index contributed by atoms with van der Waals surface area (Å²) in [5, 5.41) is 0. The molecule has 0 aliphatic rings. The molecule has 0 radical (unpaired) electrons. The van der Waals surface area contributed by atoms with E-state index < -0.39 is 30.9 Å². The number of rotatable bonds is 2. The van der Waals surface area contributed by atoms with Crippen LogP contribution in [-0.4, -0.2) is 18.5 Å². The van der Waals surface area contributed by atoms with Gasteiger partial charge in [-0.2, -0.15) is 26.3 Å². The molecule has 13 heavy (non-hydrogen) atoms. The Morgan fingerprint density at radius 3 is 1.54 bits per heavy atom. The zero-order chi connectivity index (χ0) is 10.9. The first-order valence-electron chi connectivity index (χ1n) is 3.32. The summed E-state index contributed by atoms with van der Waals surface area (Å²) in [4.78, 5) is 0. The molecule has 0 aromatic carbocycles. The van der Waals surface area contributed by atoms with Crippen LogP contribution >= 0.6 is 0 Å². The largest absolute Gasteiger partial charge is 0.419 e. The lowest BCUT2D eigenvalue weighted by molar-refractivity contribution is -0.210. The fourth-order valence-electron chi connectivity index (χ4n) is 0.578. The van der Waals surface area contributed by atoms with Crippen molar-refractivity contribution < 1.29 is 30.7 Å². The lowest BCUT2D eigenvalue weighted by Gasteiger charge is -2.19. The van der Waals surface area contributed by atoms with Crippen molar-refractivity contribution in [1.29, 1.82) is 0 Å². The van der Waals surface area contributed by atoms with Crippen LogP contribution in [0.1, 0.15) is 13.3 Å². The summed E-state index contributed by atoms with van der Waals surface area (Å²) in [6.07, 6.45) is -15.0. The normalized spacial score (nSPS) is 18.5. The lowest BCUT2D eigenvalue weighted by atomic mass is 10.0. The molecule has 0 rings (SSSR count). The van der Waals surface area contributed by atoms with Crippen LogP contribution in [0.2, 0.25) is 0 Å².